The summed E-state index contributed by atoms with van der Waals surface area (Å²) in [7, 11) is 0. The Hall–Kier alpha value is -0.530. The summed E-state index contributed by atoms with van der Waals surface area (Å²) in [5, 5.41) is 4.49. The monoisotopic (exact) mass is 251 g/mol. The van der Waals surface area contributed by atoms with E-state index in [2.05, 4.69) is 38.2 Å². The molecule has 1 fully saturated rings. The van der Waals surface area contributed by atoms with Crippen molar-refractivity contribution in [1.29, 1.82) is 0 Å². The van der Waals surface area contributed by atoms with Gasteiger partial charge in [-0.3, -0.25) is 0 Å². The molecule has 0 radical (unpaired) electrons. The minimum Gasteiger partial charge on any atom is -0.310 e. The van der Waals surface area contributed by atoms with Gasteiger partial charge in [-0.05, 0) is 41.9 Å². The topological polar surface area (TPSA) is 12.0 Å². The number of halogens is 1. The molecule has 2 atom stereocenters. The summed E-state index contributed by atoms with van der Waals surface area (Å²) >= 11 is 5.88. The van der Waals surface area contributed by atoms with E-state index in [9.17, 15) is 0 Å². The van der Waals surface area contributed by atoms with Gasteiger partial charge in [-0.2, -0.15) is 0 Å². The number of rotatable bonds is 3. The number of nitrogens with one attached hydrogen (secondary N) is 1. The van der Waals surface area contributed by atoms with E-state index in [1.807, 2.05) is 12.1 Å². The highest BCUT2D eigenvalue weighted by molar-refractivity contribution is 6.30. The van der Waals surface area contributed by atoms with Crippen LogP contribution in [0.4, 0.5) is 0 Å². The fourth-order valence-corrected chi connectivity index (χ4v) is 3.14. The van der Waals surface area contributed by atoms with Gasteiger partial charge in [0.2, 0.25) is 0 Å². The SMILES string of the molecule is CC1CC(C)(C)CC1NCc1ccc(Cl)cc1. The van der Waals surface area contributed by atoms with Gasteiger partial charge in [0.1, 0.15) is 0 Å². The average molecular weight is 252 g/mol. The Balaban J connectivity index is 1.88. The largest absolute Gasteiger partial charge is 0.310 e. The van der Waals surface area contributed by atoms with E-state index in [1.54, 1.807) is 0 Å². The van der Waals surface area contributed by atoms with E-state index in [0.717, 1.165) is 17.5 Å². The fourth-order valence-electron chi connectivity index (χ4n) is 3.02. The summed E-state index contributed by atoms with van der Waals surface area (Å²) in [5.41, 5.74) is 1.81. The van der Waals surface area contributed by atoms with Gasteiger partial charge in [-0.1, -0.05) is 44.5 Å². The Kier molecular flexibility index (Phi) is 3.79. The quantitative estimate of drug-likeness (QED) is 0.847. The zero-order valence-corrected chi connectivity index (χ0v) is 11.7. The average Bonchev–Trinajstić information content (AvgIpc) is 2.51. The molecule has 17 heavy (non-hydrogen) atoms. The first-order valence-electron chi connectivity index (χ1n) is 6.44. The van der Waals surface area contributed by atoms with Gasteiger partial charge in [0.25, 0.3) is 0 Å². The predicted molar refractivity (Wildman–Crippen MR) is 74.3 cm³/mol. The maximum atomic E-state index is 5.88. The van der Waals surface area contributed by atoms with Crippen molar-refractivity contribution in [2.75, 3.05) is 0 Å². The van der Waals surface area contributed by atoms with Crippen molar-refractivity contribution in [3.05, 3.63) is 34.9 Å². The molecule has 2 heteroatoms. The number of hydrogen-bond donors (Lipinski definition) is 1. The Morgan fingerprint density at radius 1 is 1.24 bits per heavy atom. The van der Waals surface area contributed by atoms with Gasteiger partial charge >= 0.3 is 0 Å². The lowest BCUT2D eigenvalue weighted by molar-refractivity contribution is 0.362. The molecule has 1 aromatic rings. The molecular weight excluding hydrogens is 230 g/mol. The second-order valence-electron chi connectivity index (χ2n) is 6.16. The van der Waals surface area contributed by atoms with Crippen LogP contribution in [0.1, 0.15) is 39.2 Å². The first-order chi connectivity index (χ1) is 7.96. The molecule has 0 saturated heterocycles. The number of benzene rings is 1. The maximum absolute atomic E-state index is 5.88. The van der Waals surface area contributed by atoms with Crippen LogP contribution in [-0.4, -0.2) is 6.04 Å². The third kappa shape index (κ3) is 3.46. The molecule has 1 aliphatic rings. The lowest BCUT2D eigenvalue weighted by Crippen LogP contribution is -2.31. The molecule has 1 nitrogen and oxygen atoms in total. The van der Waals surface area contributed by atoms with Crippen LogP contribution in [0.3, 0.4) is 0 Å². The zero-order chi connectivity index (χ0) is 12.5. The molecule has 0 spiro atoms. The molecule has 1 aromatic carbocycles. The van der Waals surface area contributed by atoms with Crippen molar-refractivity contribution in [3.8, 4) is 0 Å². The summed E-state index contributed by atoms with van der Waals surface area (Å²) in [6.45, 7) is 8.04. The van der Waals surface area contributed by atoms with Crippen LogP contribution in [0.25, 0.3) is 0 Å². The van der Waals surface area contributed by atoms with E-state index in [-0.39, 0.29) is 0 Å². The Morgan fingerprint density at radius 2 is 1.88 bits per heavy atom. The third-order valence-corrected chi connectivity index (χ3v) is 4.07. The maximum Gasteiger partial charge on any atom is 0.0406 e. The van der Waals surface area contributed by atoms with Crippen molar-refractivity contribution in [1.82, 2.24) is 5.32 Å². The first kappa shape index (κ1) is 12.9. The third-order valence-electron chi connectivity index (χ3n) is 3.82. The van der Waals surface area contributed by atoms with Crippen LogP contribution >= 0.6 is 11.6 Å². The van der Waals surface area contributed by atoms with Crippen molar-refractivity contribution < 1.29 is 0 Å². The van der Waals surface area contributed by atoms with Crippen LogP contribution in [0.15, 0.2) is 24.3 Å². The lowest BCUT2D eigenvalue weighted by atomic mass is 9.91. The standard InChI is InChI=1S/C15H22ClN/c1-11-8-15(2,3)9-14(11)17-10-12-4-6-13(16)7-5-12/h4-7,11,14,17H,8-10H2,1-3H3. The molecule has 2 rings (SSSR count). The highest BCUT2D eigenvalue weighted by atomic mass is 35.5. The normalized spacial score (nSPS) is 27.3. The molecular formula is C15H22ClN. The van der Waals surface area contributed by atoms with Gasteiger partial charge in [-0.15, -0.1) is 0 Å². The van der Waals surface area contributed by atoms with Crippen LogP contribution in [0.5, 0.6) is 0 Å². The molecule has 0 aromatic heterocycles. The van der Waals surface area contributed by atoms with Gasteiger partial charge in [0.15, 0.2) is 0 Å². The molecule has 0 heterocycles. The van der Waals surface area contributed by atoms with Gasteiger partial charge in [-0.25, -0.2) is 0 Å². The van der Waals surface area contributed by atoms with Gasteiger partial charge in [0.05, 0.1) is 0 Å². The fraction of sp³-hybridized carbons (Fsp3) is 0.600. The molecule has 2 unspecified atom stereocenters. The highest BCUT2D eigenvalue weighted by Crippen LogP contribution is 2.40. The van der Waals surface area contributed by atoms with Crippen LogP contribution in [0, 0.1) is 11.3 Å². The summed E-state index contributed by atoms with van der Waals surface area (Å²) < 4.78 is 0. The summed E-state index contributed by atoms with van der Waals surface area (Å²) in [4.78, 5) is 0. The van der Waals surface area contributed by atoms with Crippen molar-refractivity contribution in [2.24, 2.45) is 11.3 Å². The first-order valence-corrected chi connectivity index (χ1v) is 6.82. The molecule has 0 amide bonds. The van der Waals surface area contributed by atoms with E-state index in [1.165, 1.54) is 18.4 Å². The number of hydrogen-bond acceptors (Lipinski definition) is 1. The molecule has 0 aliphatic heterocycles. The molecule has 1 N–H and O–H groups in total. The van der Waals surface area contributed by atoms with E-state index in [0.29, 0.717) is 11.5 Å². The Bertz CT molecular complexity index is 369. The Morgan fingerprint density at radius 3 is 2.41 bits per heavy atom. The van der Waals surface area contributed by atoms with Crippen molar-refractivity contribution >= 4 is 11.6 Å². The molecule has 1 saturated carbocycles. The smallest absolute Gasteiger partial charge is 0.0406 e. The molecule has 0 bridgehead atoms. The van der Waals surface area contributed by atoms with Gasteiger partial charge in [0, 0.05) is 17.6 Å². The van der Waals surface area contributed by atoms with Crippen molar-refractivity contribution in [2.45, 2.75) is 46.2 Å². The summed E-state index contributed by atoms with van der Waals surface area (Å²) in [6.07, 6.45) is 2.60. The molecule has 94 valence electrons. The van der Waals surface area contributed by atoms with E-state index in [4.69, 9.17) is 11.6 Å². The summed E-state index contributed by atoms with van der Waals surface area (Å²) in [5.74, 6) is 0.775. The van der Waals surface area contributed by atoms with E-state index >= 15 is 0 Å². The highest BCUT2D eigenvalue weighted by Gasteiger charge is 2.36. The lowest BCUT2D eigenvalue weighted by Gasteiger charge is -2.18. The van der Waals surface area contributed by atoms with Crippen LogP contribution < -0.4 is 5.32 Å². The second kappa shape index (κ2) is 4.99. The second-order valence-corrected chi connectivity index (χ2v) is 6.60. The predicted octanol–water partition coefficient (Wildman–Crippen LogP) is 4.25. The van der Waals surface area contributed by atoms with E-state index < -0.39 is 0 Å². The van der Waals surface area contributed by atoms with Gasteiger partial charge < -0.3 is 5.32 Å². The van der Waals surface area contributed by atoms with Crippen molar-refractivity contribution in [3.63, 3.8) is 0 Å². The Labute approximate surface area is 110 Å². The minimum absolute atomic E-state index is 0.497. The van der Waals surface area contributed by atoms with Crippen LogP contribution in [0.2, 0.25) is 5.02 Å². The van der Waals surface area contributed by atoms with Crippen LogP contribution in [-0.2, 0) is 6.54 Å². The minimum atomic E-state index is 0.497. The summed E-state index contributed by atoms with van der Waals surface area (Å²) in [6, 6.07) is 8.77. The molecule has 1 aliphatic carbocycles. The zero-order valence-electron chi connectivity index (χ0n) is 11.0.